The molecule has 1 aliphatic heterocycles. The SMILES string of the molecule is COc1cc(/C=C2\SC(=S)N(Cc3ccc[nH+]c3)C2=O)cc([N+](=O)[O-])c1[O-]. The van der Waals surface area contributed by atoms with Gasteiger partial charge in [0.1, 0.15) is 10.1 Å². The van der Waals surface area contributed by atoms with Crippen molar-refractivity contribution in [2.45, 2.75) is 6.54 Å². The fraction of sp³-hybridized carbons (Fsp3) is 0.118. The van der Waals surface area contributed by atoms with E-state index in [4.69, 9.17) is 17.0 Å². The third-order valence-corrected chi connectivity index (χ3v) is 5.14. The Labute approximate surface area is 163 Å². The number of H-pyrrole nitrogens is 1. The standard InChI is InChI=1S/C17H13N3O5S2/c1-25-13-6-11(5-12(15(13)21)20(23)24)7-14-16(22)19(17(26)27-14)9-10-3-2-4-18-8-10/h2-8,21H,9H2,1H3/b14-7-. The minimum absolute atomic E-state index is 0.161. The zero-order valence-corrected chi connectivity index (χ0v) is 15.6. The van der Waals surface area contributed by atoms with Crippen molar-refractivity contribution in [3.8, 4) is 11.5 Å². The number of thiocarbonyl (C=S) groups is 1. The number of aromatic amines is 1. The summed E-state index contributed by atoms with van der Waals surface area (Å²) in [6, 6.07) is 6.15. The van der Waals surface area contributed by atoms with Crippen LogP contribution in [-0.4, -0.2) is 27.2 Å². The van der Waals surface area contributed by atoms with Gasteiger partial charge in [0.15, 0.2) is 12.4 Å². The maximum absolute atomic E-state index is 12.7. The largest absolute Gasteiger partial charge is 0.865 e. The van der Waals surface area contributed by atoms with Crippen molar-refractivity contribution in [1.82, 2.24) is 4.90 Å². The summed E-state index contributed by atoms with van der Waals surface area (Å²) in [6.07, 6.45) is 4.99. The van der Waals surface area contributed by atoms with Crippen LogP contribution in [0.4, 0.5) is 5.69 Å². The first kappa shape index (κ1) is 18.8. The molecule has 0 spiro atoms. The Kier molecular flexibility index (Phi) is 5.38. The van der Waals surface area contributed by atoms with Crippen LogP contribution in [0.5, 0.6) is 11.5 Å². The van der Waals surface area contributed by atoms with Crippen molar-refractivity contribution >= 4 is 46.0 Å². The van der Waals surface area contributed by atoms with Crippen LogP contribution in [0.3, 0.4) is 0 Å². The van der Waals surface area contributed by atoms with Crippen molar-refractivity contribution in [2.75, 3.05) is 7.11 Å². The second kappa shape index (κ2) is 7.72. The summed E-state index contributed by atoms with van der Waals surface area (Å²) in [7, 11) is 1.25. The maximum Gasteiger partial charge on any atom is 0.266 e. The second-order valence-electron chi connectivity index (χ2n) is 5.51. The molecule has 27 heavy (non-hydrogen) atoms. The number of rotatable bonds is 5. The summed E-state index contributed by atoms with van der Waals surface area (Å²) < 4.78 is 5.30. The molecule has 0 bridgehead atoms. The number of nitro benzene ring substituents is 1. The van der Waals surface area contributed by atoms with Crippen molar-refractivity contribution in [1.29, 1.82) is 0 Å². The molecule has 0 aliphatic carbocycles. The number of amides is 1. The summed E-state index contributed by atoms with van der Waals surface area (Å²) in [5, 5.41) is 23.0. The minimum atomic E-state index is -0.812. The van der Waals surface area contributed by atoms with Gasteiger partial charge in [-0.25, -0.2) is 4.98 Å². The van der Waals surface area contributed by atoms with Crippen LogP contribution in [0, 0.1) is 10.1 Å². The Hall–Kier alpha value is -2.98. The molecule has 1 fully saturated rings. The number of hydrogen-bond acceptors (Lipinski definition) is 7. The number of nitrogens with zero attached hydrogens (tertiary/aromatic N) is 2. The molecule has 8 nitrogen and oxygen atoms in total. The quantitative estimate of drug-likeness (QED) is 0.324. The topological polar surface area (TPSA) is 110 Å². The van der Waals surface area contributed by atoms with Gasteiger partial charge < -0.3 is 9.84 Å². The Balaban J connectivity index is 1.92. The van der Waals surface area contributed by atoms with Gasteiger partial charge in [0, 0.05) is 23.4 Å². The molecule has 1 aliphatic rings. The predicted molar refractivity (Wildman–Crippen MR) is 101 cm³/mol. The molecule has 0 saturated carbocycles. The van der Waals surface area contributed by atoms with Crippen LogP contribution in [0.2, 0.25) is 0 Å². The Morgan fingerprint density at radius 3 is 2.85 bits per heavy atom. The van der Waals surface area contributed by atoms with E-state index in [9.17, 15) is 20.0 Å². The molecule has 2 heterocycles. The highest BCUT2D eigenvalue weighted by atomic mass is 32.2. The molecular weight excluding hydrogens is 390 g/mol. The van der Waals surface area contributed by atoms with Crippen LogP contribution in [-0.2, 0) is 11.3 Å². The highest BCUT2D eigenvalue weighted by Crippen LogP contribution is 2.38. The average Bonchev–Trinajstić information content (AvgIpc) is 2.91. The lowest BCUT2D eigenvalue weighted by Gasteiger charge is -2.14. The summed E-state index contributed by atoms with van der Waals surface area (Å²) in [5.74, 6) is -1.28. The molecule has 3 rings (SSSR count). The van der Waals surface area contributed by atoms with Gasteiger partial charge >= 0.3 is 0 Å². The van der Waals surface area contributed by atoms with Crippen LogP contribution < -0.4 is 14.8 Å². The molecule has 1 N–H and O–H groups in total. The lowest BCUT2D eigenvalue weighted by molar-refractivity contribution is -0.398. The maximum atomic E-state index is 12.7. The number of benzene rings is 1. The van der Waals surface area contributed by atoms with Crippen molar-refractivity contribution < 1.29 is 24.5 Å². The zero-order valence-electron chi connectivity index (χ0n) is 14.0. The van der Waals surface area contributed by atoms with E-state index in [1.165, 1.54) is 24.2 Å². The lowest BCUT2D eigenvalue weighted by atomic mass is 10.1. The highest BCUT2D eigenvalue weighted by molar-refractivity contribution is 8.26. The average molecular weight is 403 g/mol. The van der Waals surface area contributed by atoms with Crippen molar-refractivity contribution in [3.05, 3.63) is 62.8 Å². The summed E-state index contributed by atoms with van der Waals surface area (Å²) in [4.78, 5) is 27.7. The number of nitrogens with one attached hydrogen (secondary N) is 1. The molecule has 0 atom stereocenters. The number of methoxy groups -OCH3 is 1. The normalized spacial score (nSPS) is 15.4. The van der Waals surface area contributed by atoms with E-state index in [1.807, 2.05) is 12.1 Å². The molecule has 1 aromatic heterocycles. The fourth-order valence-electron chi connectivity index (χ4n) is 2.48. The van der Waals surface area contributed by atoms with Crippen LogP contribution >= 0.6 is 24.0 Å². The van der Waals surface area contributed by atoms with Gasteiger partial charge in [-0.3, -0.25) is 19.8 Å². The van der Waals surface area contributed by atoms with E-state index < -0.39 is 16.4 Å². The zero-order chi connectivity index (χ0) is 19.6. The number of thioether (sulfide) groups is 1. The monoisotopic (exact) mass is 403 g/mol. The van der Waals surface area contributed by atoms with Gasteiger partial charge in [-0.1, -0.05) is 24.0 Å². The molecule has 1 aromatic carbocycles. The van der Waals surface area contributed by atoms with Crippen molar-refractivity contribution in [3.63, 3.8) is 0 Å². The van der Waals surface area contributed by atoms with Gasteiger partial charge in [0.2, 0.25) is 0 Å². The number of pyridine rings is 1. The number of aromatic nitrogens is 1. The van der Waals surface area contributed by atoms with E-state index in [2.05, 4.69) is 4.98 Å². The molecular formula is C17H13N3O5S2. The van der Waals surface area contributed by atoms with Crippen LogP contribution in [0.1, 0.15) is 11.1 Å². The van der Waals surface area contributed by atoms with E-state index in [1.54, 1.807) is 12.4 Å². The number of carbonyl (C=O) groups excluding carboxylic acids is 1. The molecule has 1 amide bonds. The number of hydrogen-bond donors (Lipinski definition) is 0. The van der Waals surface area contributed by atoms with Gasteiger partial charge in [-0.15, -0.1) is 0 Å². The van der Waals surface area contributed by atoms with Crippen LogP contribution in [0.25, 0.3) is 6.08 Å². The van der Waals surface area contributed by atoms with E-state index >= 15 is 0 Å². The van der Waals surface area contributed by atoms with Crippen LogP contribution in [0.15, 0.2) is 41.6 Å². The Morgan fingerprint density at radius 1 is 1.44 bits per heavy atom. The molecule has 0 radical (unpaired) electrons. The smallest absolute Gasteiger partial charge is 0.266 e. The fourth-order valence-corrected chi connectivity index (χ4v) is 3.73. The predicted octanol–water partition coefficient (Wildman–Crippen LogP) is 1.89. The third-order valence-electron chi connectivity index (χ3n) is 3.76. The van der Waals surface area contributed by atoms with E-state index in [-0.39, 0.29) is 11.7 Å². The molecule has 1 saturated heterocycles. The second-order valence-corrected chi connectivity index (χ2v) is 7.18. The number of ether oxygens (including phenoxy) is 1. The molecule has 138 valence electrons. The minimum Gasteiger partial charge on any atom is -0.865 e. The lowest BCUT2D eigenvalue weighted by Crippen LogP contribution is -2.27. The highest BCUT2D eigenvalue weighted by Gasteiger charge is 2.32. The van der Waals surface area contributed by atoms with Gasteiger partial charge in [-0.05, 0) is 23.8 Å². The van der Waals surface area contributed by atoms with Crippen molar-refractivity contribution in [2.24, 2.45) is 0 Å². The van der Waals surface area contributed by atoms with E-state index in [0.717, 1.165) is 23.4 Å². The molecule has 10 heteroatoms. The third kappa shape index (κ3) is 3.91. The molecule has 0 unspecified atom stereocenters. The van der Waals surface area contributed by atoms with Gasteiger partial charge in [-0.2, -0.15) is 0 Å². The first-order chi connectivity index (χ1) is 12.9. The van der Waals surface area contributed by atoms with E-state index in [0.29, 0.717) is 21.3 Å². The first-order valence-corrected chi connectivity index (χ1v) is 8.87. The summed E-state index contributed by atoms with van der Waals surface area (Å²) >= 11 is 6.38. The number of nitro groups is 1. The van der Waals surface area contributed by atoms with Gasteiger partial charge in [0.05, 0.1) is 23.5 Å². The Bertz CT molecular complexity index is 963. The molecule has 2 aromatic rings. The summed E-state index contributed by atoms with van der Waals surface area (Å²) in [5.41, 5.74) is 0.575. The summed E-state index contributed by atoms with van der Waals surface area (Å²) in [6.45, 7) is 0.308. The van der Waals surface area contributed by atoms with Gasteiger partial charge in [0.25, 0.3) is 11.6 Å². The first-order valence-electron chi connectivity index (χ1n) is 7.64. The number of carbonyl (C=O) groups is 1. The Morgan fingerprint density at radius 2 is 2.22 bits per heavy atom.